The van der Waals surface area contributed by atoms with Gasteiger partial charge in [0.1, 0.15) is 35.6 Å². The van der Waals surface area contributed by atoms with E-state index in [1.54, 1.807) is 12.1 Å². The zero-order valence-corrected chi connectivity index (χ0v) is 33.0. The molecule has 2 saturated carbocycles. The van der Waals surface area contributed by atoms with Gasteiger partial charge in [0, 0.05) is 30.8 Å². The quantitative estimate of drug-likeness (QED) is 0.151. The number of hydrogen-bond donors (Lipinski definition) is 4. The molecule has 5 atom stereocenters. The molecule has 6 rings (SSSR count). The minimum Gasteiger partial charge on any atom is -0.472 e. The molecule has 56 heavy (non-hydrogen) atoms. The first-order chi connectivity index (χ1) is 26.7. The first kappa shape index (κ1) is 40.9. The number of anilines is 1. The van der Waals surface area contributed by atoms with E-state index in [9.17, 15) is 28.4 Å². The summed E-state index contributed by atoms with van der Waals surface area (Å²) in [7, 11) is 0. The molecule has 3 fully saturated rings. The van der Waals surface area contributed by atoms with Crippen molar-refractivity contribution in [1.82, 2.24) is 30.8 Å². The van der Waals surface area contributed by atoms with Crippen LogP contribution in [0, 0.1) is 17.2 Å². The summed E-state index contributed by atoms with van der Waals surface area (Å²) >= 11 is 6.03. The van der Waals surface area contributed by atoms with Gasteiger partial charge >= 0.3 is 0 Å². The van der Waals surface area contributed by atoms with Gasteiger partial charge in [0.25, 0.3) is 11.9 Å². The molecule has 14 nitrogen and oxygen atoms in total. The number of carbonyl (C=O) groups is 5. The number of nitrogens with zero attached hydrogens (tertiary/aromatic N) is 3. The maximum atomic E-state index is 14.8. The van der Waals surface area contributed by atoms with Gasteiger partial charge in [-0.25, -0.2) is 9.37 Å². The summed E-state index contributed by atoms with van der Waals surface area (Å²) in [6.45, 7) is 7.27. The van der Waals surface area contributed by atoms with Crippen molar-refractivity contribution in [3.05, 3.63) is 47.4 Å². The lowest BCUT2D eigenvalue weighted by atomic mass is 9.82. The van der Waals surface area contributed by atoms with Crippen molar-refractivity contribution < 1.29 is 37.5 Å². The largest absolute Gasteiger partial charge is 0.472 e. The van der Waals surface area contributed by atoms with Crippen LogP contribution in [0.4, 0.5) is 10.4 Å². The van der Waals surface area contributed by atoms with Crippen molar-refractivity contribution in [1.29, 1.82) is 0 Å². The first-order valence-electron chi connectivity index (χ1n) is 19.6. The summed E-state index contributed by atoms with van der Waals surface area (Å²) in [4.78, 5) is 79.3. The SMILES string of the molecule is CCCC(NC(=O)[C@H]1C[C@@H](Oc2ccc(Cl)cn2)CN1C(=O)[C@H](NC(=O)[C@@H](Nc1nc2ccc(F)cc2o1)C1CCCCC1)C(C)(C)C)C(=O)C(=O)NC1CC1. The number of halogens is 2. The van der Waals surface area contributed by atoms with E-state index < -0.39 is 70.9 Å². The van der Waals surface area contributed by atoms with Gasteiger partial charge in [-0.2, -0.15) is 4.98 Å². The number of hydrogen-bond acceptors (Lipinski definition) is 10. The number of ketones is 1. The fourth-order valence-corrected chi connectivity index (χ4v) is 7.56. The van der Waals surface area contributed by atoms with Gasteiger partial charge in [0.2, 0.25) is 29.4 Å². The molecule has 0 spiro atoms. The number of ether oxygens (including phenoxy) is 1. The van der Waals surface area contributed by atoms with E-state index >= 15 is 0 Å². The monoisotopic (exact) mass is 795 g/mol. The number of carbonyl (C=O) groups excluding carboxylic acids is 5. The van der Waals surface area contributed by atoms with Crippen molar-refractivity contribution in [3.63, 3.8) is 0 Å². The second-order valence-electron chi connectivity index (χ2n) is 16.2. The van der Waals surface area contributed by atoms with E-state index in [1.165, 1.54) is 29.3 Å². The Kier molecular flexibility index (Phi) is 12.8. The Bertz CT molecular complexity index is 1910. The third-order valence-corrected chi connectivity index (χ3v) is 10.8. The maximum Gasteiger partial charge on any atom is 0.296 e. The van der Waals surface area contributed by atoms with E-state index in [0.29, 0.717) is 17.0 Å². The van der Waals surface area contributed by atoms with Crippen LogP contribution in [0.3, 0.4) is 0 Å². The Morgan fingerprint density at radius 2 is 1.79 bits per heavy atom. The minimum absolute atomic E-state index is 0.0258. The number of Topliss-reactive ketones (excluding diaryl/α,β-unsaturated/α-hetero) is 1. The smallest absolute Gasteiger partial charge is 0.296 e. The highest BCUT2D eigenvalue weighted by Gasteiger charge is 2.47. The number of oxazole rings is 1. The van der Waals surface area contributed by atoms with Gasteiger partial charge in [0.15, 0.2) is 5.58 Å². The fourth-order valence-electron chi connectivity index (χ4n) is 7.45. The van der Waals surface area contributed by atoms with Crippen molar-refractivity contribution in [2.75, 3.05) is 11.9 Å². The lowest BCUT2D eigenvalue weighted by molar-refractivity contribution is -0.145. The molecule has 4 N–H and O–H groups in total. The lowest BCUT2D eigenvalue weighted by Gasteiger charge is -2.37. The van der Waals surface area contributed by atoms with E-state index in [1.807, 2.05) is 27.7 Å². The van der Waals surface area contributed by atoms with Crippen LogP contribution >= 0.6 is 11.6 Å². The summed E-state index contributed by atoms with van der Waals surface area (Å²) in [5, 5.41) is 12.0. The summed E-state index contributed by atoms with van der Waals surface area (Å²) in [6, 6.07) is 3.07. The number of nitrogens with one attached hydrogen (secondary N) is 4. The predicted octanol–water partition coefficient (Wildman–Crippen LogP) is 5.09. The van der Waals surface area contributed by atoms with Crippen molar-refractivity contribution in [2.24, 2.45) is 11.3 Å². The minimum atomic E-state index is -1.11. The summed E-state index contributed by atoms with van der Waals surface area (Å²) < 4.78 is 25.9. The molecule has 4 amide bonds. The van der Waals surface area contributed by atoms with Crippen molar-refractivity contribution >= 4 is 58.1 Å². The Morgan fingerprint density at radius 1 is 1.04 bits per heavy atom. The van der Waals surface area contributed by atoms with Gasteiger partial charge in [-0.15, -0.1) is 0 Å². The number of rotatable bonds is 15. The molecule has 16 heteroatoms. The van der Waals surface area contributed by atoms with Crippen LogP contribution in [-0.4, -0.2) is 87.1 Å². The first-order valence-corrected chi connectivity index (χ1v) is 19.9. The number of pyridine rings is 1. The average molecular weight is 796 g/mol. The fraction of sp³-hybridized carbons (Fsp3) is 0.575. The molecule has 0 radical (unpaired) electrons. The Morgan fingerprint density at radius 3 is 2.45 bits per heavy atom. The van der Waals surface area contributed by atoms with Crippen LogP contribution in [0.1, 0.15) is 91.9 Å². The molecule has 3 aliphatic rings. The van der Waals surface area contributed by atoms with E-state index in [4.69, 9.17) is 20.8 Å². The molecule has 2 aromatic heterocycles. The molecule has 2 aliphatic carbocycles. The van der Waals surface area contributed by atoms with Gasteiger partial charge in [-0.05, 0) is 61.6 Å². The Balaban J connectivity index is 1.25. The lowest BCUT2D eigenvalue weighted by Crippen LogP contribution is -2.61. The van der Waals surface area contributed by atoms with Crippen LogP contribution in [0.5, 0.6) is 5.88 Å². The second-order valence-corrected chi connectivity index (χ2v) is 16.7. The normalized spacial score (nSPS) is 20.5. The third-order valence-electron chi connectivity index (χ3n) is 10.6. The summed E-state index contributed by atoms with van der Waals surface area (Å²) in [5.41, 5.74) is -0.179. The van der Waals surface area contributed by atoms with Gasteiger partial charge in [-0.3, -0.25) is 24.0 Å². The van der Waals surface area contributed by atoms with Crippen LogP contribution in [0.2, 0.25) is 5.02 Å². The van der Waals surface area contributed by atoms with E-state index in [-0.39, 0.29) is 48.8 Å². The van der Waals surface area contributed by atoms with Crippen LogP contribution < -0.4 is 26.0 Å². The third kappa shape index (κ3) is 10.1. The Labute approximate surface area is 330 Å². The zero-order valence-electron chi connectivity index (χ0n) is 32.2. The van der Waals surface area contributed by atoms with Gasteiger partial charge in [-0.1, -0.05) is 65.0 Å². The van der Waals surface area contributed by atoms with E-state index in [2.05, 4.69) is 31.2 Å². The second kappa shape index (κ2) is 17.6. The zero-order chi connectivity index (χ0) is 40.1. The van der Waals surface area contributed by atoms with Crippen molar-refractivity contribution in [2.45, 2.75) is 128 Å². The standard InChI is InChI=1S/C40H51ClFN7O7/c1-5-9-28(33(50)37(53)44-25-14-15-25)45-35(51)29-19-26(55-31-17-12-23(41)20-43-31)21-49(29)38(54)34(40(2,3)4)48-36(52)32(22-10-7-6-8-11-22)47-39-46-27-16-13-24(42)18-30(27)56-39/h12-13,16-18,20,22,25-26,28-29,32,34H,5-11,14-15,19,21H2,1-4H3,(H,44,53)(H,45,51)(H,46,47)(H,48,52)/t26-,28?,29-,32+,34+/m1/s1. The van der Waals surface area contributed by atoms with Gasteiger partial charge in [0.05, 0.1) is 17.6 Å². The maximum absolute atomic E-state index is 14.8. The molecule has 1 saturated heterocycles. The molecule has 3 heterocycles. The van der Waals surface area contributed by atoms with E-state index in [0.717, 1.165) is 44.9 Å². The molecule has 1 aromatic carbocycles. The summed E-state index contributed by atoms with van der Waals surface area (Å²) in [5.74, 6) is -3.43. The number of likely N-dealkylation sites (tertiary alicyclic amines) is 1. The molecular formula is C40H51ClFN7O7. The summed E-state index contributed by atoms with van der Waals surface area (Å²) in [6.07, 6.45) is 7.55. The number of fused-ring (bicyclic) bond motifs is 1. The predicted molar refractivity (Wildman–Crippen MR) is 206 cm³/mol. The number of amides is 4. The highest BCUT2D eigenvalue weighted by molar-refractivity contribution is 6.38. The highest BCUT2D eigenvalue weighted by Crippen LogP contribution is 2.32. The highest BCUT2D eigenvalue weighted by atomic mass is 35.5. The van der Waals surface area contributed by atoms with Crippen molar-refractivity contribution in [3.8, 4) is 5.88 Å². The molecule has 0 bridgehead atoms. The van der Waals surface area contributed by atoms with Crippen LogP contribution in [0.25, 0.3) is 11.1 Å². The Hall–Kier alpha value is -4.79. The van der Waals surface area contributed by atoms with Crippen LogP contribution in [-0.2, 0) is 24.0 Å². The molecular weight excluding hydrogens is 745 g/mol. The number of benzene rings is 1. The molecule has 1 unspecified atom stereocenters. The number of aromatic nitrogens is 2. The molecule has 1 aliphatic heterocycles. The average Bonchev–Trinajstić information content (AvgIpc) is 3.73. The molecule has 302 valence electrons. The topological polar surface area (TPSA) is 185 Å². The van der Waals surface area contributed by atoms with Crippen LogP contribution in [0.15, 0.2) is 40.9 Å². The van der Waals surface area contributed by atoms with Gasteiger partial charge < -0.3 is 35.3 Å². The molecule has 3 aromatic rings.